The fourth-order valence-corrected chi connectivity index (χ4v) is 4.84. The Morgan fingerprint density at radius 2 is 1.69 bits per heavy atom. The number of carboxylic acid groups (broad SMARTS) is 1. The number of para-hydroxylation sites is 1. The maximum Gasteiger partial charge on any atom is 0.327 e. The van der Waals surface area contributed by atoms with Gasteiger partial charge in [0.25, 0.3) is 11.6 Å². The third kappa shape index (κ3) is 4.42. The number of nitro groups is 1. The molecular weight excluding hydrogens is 432 g/mol. The lowest BCUT2D eigenvalue weighted by molar-refractivity contribution is -0.384. The van der Waals surface area contributed by atoms with Crippen LogP contribution in [0, 0.1) is 10.1 Å². The number of carboxylic acids is 1. The SMILES string of the molecule is O=C(O)C1CSC(c2cccc(Oc3ccccc3)c2)N1C(=O)c1ccc([N+](=O)[O-])cc1. The molecule has 32 heavy (non-hydrogen) atoms. The number of nitro benzene ring substituents is 1. The number of hydrogen-bond donors (Lipinski definition) is 1. The number of hydrogen-bond acceptors (Lipinski definition) is 6. The van der Waals surface area contributed by atoms with Crippen LogP contribution < -0.4 is 4.74 Å². The first kappa shape index (κ1) is 21.4. The summed E-state index contributed by atoms with van der Waals surface area (Å²) in [6.45, 7) is 0. The zero-order valence-electron chi connectivity index (χ0n) is 16.7. The number of rotatable bonds is 6. The minimum atomic E-state index is -1.10. The molecule has 0 bridgehead atoms. The van der Waals surface area contributed by atoms with Gasteiger partial charge in [0.05, 0.1) is 4.92 Å². The normalized spacial score (nSPS) is 17.7. The molecule has 0 saturated carbocycles. The van der Waals surface area contributed by atoms with E-state index in [0.29, 0.717) is 11.5 Å². The third-order valence-electron chi connectivity index (χ3n) is 4.97. The van der Waals surface area contributed by atoms with Crippen LogP contribution in [0.5, 0.6) is 11.5 Å². The molecule has 162 valence electrons. The monoisotopic (exact) mass is 450 g/mol. The van der Waals surface area contributed by atoms with Gasteiger partial charge in [-0.1, -0.05) is 30.3 Å². The molecule has 4 rings (SSSR count). The molecule has 2 atom stereocenters. The summed E-state index contributed by atoms with van der Waals surface area (Å²) in [5, 5.41) is 20.0. The summed E-state index contributed by atoms with van der Waals surface area (Å²) < 4.78 is 5.88. The minimum absolute atomic E-state index is 0.144. The molecule has 0 aliphatic carbocycles. The van der Waals surface area contributed by atoms with E-state index >= 15 is 0 Å². The van der Waals surface area contributed by atoms with E-state index in [1.54, 1.807) is 18.2 Å². The van der Waals surface area contributed by atoms with Crippen LogP contribution in [0.15, 0.2) is 78.9 Å². The van der Waals surface area contributed by atoms with Gasteiger partial charge >= 0.3 is 5.97 Å². The summed E-state index contributed by atoms with van der Waals surface area (Å²) in [4.78, 5) is 36.8. The summed E-state index contributed by atoms with van der Waals surface area (Å²) in [5.41, 5.74) is 0.767. The van der Waals surface area contributed by atoms with Crippen molar-refractivity contribution in [2.45, 2.75) is 11.4 Å². The van der Waals surface area contributed by atoms with Crippen LogP contribution in [-0.4, -0.2) is 38.6 Å². The highest BCUT2D eigenvalue weighted by molar-refractivity contribution is 7.99. The summed E-state index contributed by atoms with van der Waals surface area (Å²) in [7, 11) is 0. The first-order valence-corrected chi connectivity index (χ1v) is 10.7. The van der Waals surface area contributed by atoms with Gasteiger partial charge in [0.2, 0.25) is 0 Å². The van der Waals surface area contributed by atoms with Crippen LogP contribution in [0.2, 0.25) is 0 Å². The van der Waals surface area contributed by atoms with Crippen molar-refractivity contribution in [1.29, 1.82) is 0 Å². The van der Waals surface area contributed by atoms with E-state index in [1.165, 1.54) is 40.9 Å². The van der Waals surface area contributed by atoms with Gasteiger partial charge in [-0.25, -0.2) is 4.79 Å². The van der Waals surface area contributed by atoms with Crippen molar-refractivity contribution in [2.24, 2.45) is 0 Å². The quantitative estimate of drug-likeness (QED) is 0.427. The molecule has 0 radical (unpaired) electrons. The Balaban J connectivity index is 1.64. The Bertz CT molecular complexity index is 1150. The number of ether oxygens (including phenoxy) is 1. The Kier molecular flexibility index (Phi) is 6.09. The van der Waals surface area contributed by atoms with E-state index in [0.717, 1.165) is 5.56 Å². The van der Waals surface area contributed by atoms with E-state index in [-0.39, 0.29) is 17.0 Å². The second kappa shape index (κ2) is 9.11. The summed E-state index contributed by atoms with van der Waals surface area (Å²) in [5.74, 6) is -0.159. The van der Waals surface area contributed by atoms with Gasteiger partial charge < -0.3 is 14.7 Å². The zero-order valence-corrected chi connectivity index (χ0v) is 17.5. The lowest BCUT2D eigenvalue weighted by atomic mass is 10.1. The first-order chi connectivity index (χ1) is 15.4. The Morgan fingerprint density at radius 3 is 2.34 bits per heavy atom. The fourth-order valence-electron chi connectivity index (χ4n) is 3.43. The topological polar surface area (TPSA) is 110 Å². The molecule has 1 aliphatic heterocycles. The van der Waals surface area contributed by atoms with Crippen molar-refractivity contribution in [3.8, 4) is 11.5 Å². The first-order valence-electron chi connectivity index (χ1n) is 9.68. The molecule has 9 heteroatoms. The fraction of sp³-hybridized carbons (Fsp3) is 0.130. The maximum atomic E-state index is 13.3. The molecule has 0 aromatic heterocycles. The Morgan fingerprint density at radius 1 is 1.00 bits per heavy atom. The van der Waals surface area contributed by atoms with Crippen LogP contribution in [0.4, 0.5) is 5.69 Å². The van der Waals surface area contributed by atoms with Gasteiger partial charge in [-0.15, -0.1) is 11.8 Å². The van der Waals surface area contributed by atoms with Gasteiger partial charge in [0.15, 0.2) is 0 Å². The number of amides is 1. The maximum absolute atomic E-state index is 13.3. The molecular formula is C23H18N2O6S. The highest BCUT2D eigenvalue weighted by atomic mass is 32.2. The molecule has 1 amide bonds. The molecule has 1 aliphatic rings. The van der Waals surface area contributed by atoms with Gasteiger partial charge in [-0.3, -0.25) is 14.9 Å². The van der Waals surface area contributed by atoms with Crippen LogP contribution in [-0.2, 0) is 4.79 Å². The number of thioether (sulfide) groups is 1. The lowest BCUT2D eigenvalue weighted by Gasteiger charge is -2.28. The van der Waals surface area contributed by atoms with Crippen molar-refractivity contribution >= 4 is 29.3 Å². The highest BCUT2D eigenvalue weighted by Gasteiger charge is 2.42. The Labute approximate surface area is 187 Å². The van der Waals surface area contributed by atoms with Gasteiger partial charge in [0.1, 0.15) is 22.9 Å². The lowest BCUT2D eigenvalue weighted by Crippen LogP contribution is -2.42. The molecule has 3 aromatic rings. The summed E-state index contributed by atoms with van der Waals surface area (Å²) >= 11 is 1.35. The molecule has 0 spiro atoms. The summed E-state index contributed by atoms with van der Waals surface area (Å²) in [6, 6.07) is 20.5. The summed E-state index contributed by atoms with van der Waals surface area (Å²) in [6.07, 6.45) is 0. The molecule has 1 N–H and O–H groups in total. The van der Waals surface area contributed by atoms with Crippen LogP contribution in [0.3, 0.4) is 0 Å². The van der Waals surface area contributed by atoms with Crippen molar-refractivity contribution in [3.05, 3.63) is 100 Å². The number of aliphatic carboxylic acids is 1. The molecule has 1 saturated heterocycles. The number of carbonyl (C=O) groups excluding carboxylic acids is 1. The predicted octanol–water partition coefficient (Wildman–Crippen LogP) is 4.73. The average molecular weight is 450 g/mol. The molecule has 3 aromatic carbocycles. The number of non-ortho nitro benzene ring substituents is 1. The van der Waals surface area contributed by atoms with Crippen molar-refractivity contribution < 1.29 is 24.4 Å². The van der Waals surface area contributed by atoms with Crippen LogP contribution in [0.1, 0.15) is 21.3 Å². The average Bonchev–Trinajstić information content (AvgIpc) is 3.25. The Hall–Kier alpha value is -3.85. The van der Waals surface area contributed by atoms with Crippen molar-refractivity contribution in [1.82, 2.24) is 4.90 Å². The van der Waals surface area contributed by atoms with Gasteiger partial charge in [-0.2, -0.15) is 0 Å². The molecule has 1 fully saturated rings. The smallest absolute Gasteiger partial charge is 0.327 e. The van der Waals surface area contributed by atoms with Crippen LogP contribution >= 0.6 is 11.8 Å². The van der Waals surface area contributed by atoms with Gasteiger partial charge in [0, 0.05) is 23.4 Å². The van der Waals surface area contributed by atoms with E-state index in [4.69, 9.17) is 4.74 Å². The standard InChI is InChI=1S/C23H18N2O6S/c26-21(15-9-11-17(12-10-15)25(29)30)24-20(23(27)28)14-32-22(24)16-5-4-8-19(13-16)31-18-6-2-1-3-7-18/h1-13,20,22H,14H2,(H,27,28). The van der Waals surface area contributed by atoms with E-state index in [1.807, 2.05) is 36.4 Å². The van der Waals surface area contributed by atoms with E-state index in [9.17, 15) is 24.8 Å². The minimum Gasteiger partial charge on any atom is -0.480 e. The van der Waals surface area contributed by atoms with Crippen molar-refractivity contribution in [3.63, 3.8) is 0 Å². The molecule has 2 unspecified atom stereocenters. The molecule has 1 heterocycles. The number of benzene rings is 3. The van der Waals surface area contributed by atoms with E-state index in [2.05, 4.69) is 0 Å². The van der Waals surface area contributed by atoms with Crippen LogP contribution in [0.25, 0.3) is 0 Å². The zero-order chi connectivity index (χ0) is 22.7. The predicted molar refractivity (Wildman–Crippen MR) is 119 cm³/mol. The number of nitrogens with zero attached hydrogens (tertiary/aromatic N) is 2. The second-order valence-electron chi connectivity index (χ2n) is 7.04. The van der Waals surface area contributed by atoms with Crippen molar-refractivity contribution in [2.75, 3.05) is 5.75 Å². The number of carbonyl (C=O) groups is 2. The molecule has 8 nitrogen and oxygen atoms in total. The van der Waals surface area contributed by atoms with E-state index < -0.39 is 28.2 Å². The highest BCUT2D eigenvalue weighted by Crippen LogP contribution is 2.43. The largest absolute Gasteiger partial charge is 0.480 e. The second-order valence-corrected chi connectivity index (χ2v) is 8.16. The van der Waals surface area contributed by atoms with Gasteiger partial charge in [-0.05, 0) is 42.0 Å². The third-order valence-corrected chi connectivity index (χ3v) is 6.29.